The fraction of sp³-hybridized carbons (Fsp3) is 0.800. The molecule has 1 saturated heterocycles. The zero-order valence-corrected chi connectivity index (χ0v) is 10.6. The summed E-state index contributed by atoms with van der Waals surface area (Å²) in [5, 5.41) is 1.73. The quantitative estimate of drug-likeness (QED) is 0.610. The minimum Gasteiger partial charge on any atom is -0.316 e. The van der Waals surface area contributed by atoms with Crippen molar-refractivity contribution in [3.8, 4) is 0 Å². The average Bonchev–Trinajstić information content (AvgIpc) is 2.99. The maximum atomic E-state index is 12.8. The Morgan fingerprint density at radius 2 is 1.94 bits per heavy atom. The molecule has 0 spiro atoms. The van der Waals surface area contributed by atoms with Gasteiger partial charge in [-0.3, -0.25) is 9.69 Å². The lowest BCUT2D eigenvalue weighted by Crippen LogP contribution is -2.56. The number of hydrogen-bond acceptors (Lipinski definition) is 3. The summed E-state index contributed by atoms with van der Waals surface area (Å²) >= 11 is 4.10. The minimum absolute atomic E-state index is 0.00678. The first-order valence-corrected chi connectivity index (χ1v) is 6.10. The number of urea groups is 1. The molecule has 0 aromatic carbocycles. The van der Waals surface area contributed by atoms with Crippen molar-refractivity contribution in [2.75, 3.05) is 12.3 Å². The van der Waals surface area contributed by atoms with Crippen LogP contribution in [0.5, 0.6) is 0 Å². The molecule has 0 aromatic heterocycles. The van der Waals surface area contributed by atoms with Crippen LogP contribution in [0, 0.1) is 5.41 Å². The number of alkyl halides is 3. The van der Waals surface area contributed by atoms with Crippen LogP contribution >= 0.6 is 12.6 Å². The van der Waals surface area contributed by atoms with Gasteiger partial charge in [0.1, 0.15) is 0 Å². The van der Waals surface area contributed by atoms with Crippen LogP contribution in [0.1, 0.15) is 19.8 Å². The summed E-state index contributed by atoms with van der Waals surface area (Å²) in [6, 6.07) is -0.979. The summed E-state index contributed by atoms with van der Waals surface area (Å²) in [5.41, 5.74) is -3.11. The molecule has 0 bridgehead atoms. The molecule has 1 aliphatic heterocycles. The van der Waals surface area contributed by atoms with Gasteiger partial charge in [0.2, 0.25) is 5.54 Å². The number of thiol groups is 1. The van der Waals surface area contributed by atoms with Crippen LogP contribution in [0.15, 0.2) is 0 Å². The van der Waals surface area contributed by atoms with Gasteiger partial charge >= 0.3 is 12.2 Å². The van der Waals surface area contributed by atoms with E-state index in [1.165, 1.54) is 0 Å². The van der Waals surface area contributed by atoms with Crippen molar-refractivity contribution in [2.45, 2.75) is 31.5 Å². The first kappa shape index (κ1) is 13.5. The molecule has 0 radical (unpaired) electrons. The molecule has 1 unspecified atom stereocenters. The van der Waals surface area contributed by atoms with Gasteiger partial charge in [0.25, 0.3) is 5.91 Å². The molecule has 102 valence electrons. The lowest BCUT2D eigenvalue weighted by atomic mass is 10.0. The summed E-state index contributed by atoms with van der Waals surface area (Å²) in [5.74, 6) is -0.777. The number of rotatable bonds is 3. The highest BCUT2D eigenvalue weighted by atomic mass is 32.1. The van der Waals surface area contributed by atoms with E-state index >= 15 is 0 Å². The number of amides is 3. The van der Waals surface area contributed by atoms with Crippen molar-refractivity contribution in [1.82, 2.24) is 10.2 Å². The van der Waals surface area contributed by atoms with Gasteiger partial charge < -0.3 is 5.32 Å². The third-order valence-electron chi connectivity index (χ3n) is 3.63. The normalized spacial score (nSPS) is 30.6. The molecule has 4 nitrogen and oxygen atoms in total. The Bertz CT molecular complexity index is 408. The van der Waals surface area contributed by atoms with E-state index in [4.69, 9.17) is 0 Å². The monoisotopic (exact) mass is 282 g/mol. The molecular formula is C10H13F3N2O2S. The predicted octanol–water partition coefficient (Wildman–Crippen LogP) is 1.57. The standard InChI is InChI=1S/C10H13F3N2O2S/c1-8(10(11,12)13)6(16)15(7(17)14-8)4-9(5-18)2-3-9/h18H,2-5H2,1H3,(H,14,17). The van der Waals surface area contributed by atoms with Crippen LogP contribution in [-0.4, -0.2) is 40.9 Å². The second kappa shape index (κ2) is 3.79. The maximum absolute atomic E-state index is 12.8. The third kappa shape index (κ3) is 1.86. The van der Waals surface area contributed by atoms with Crippen LogP contribution < -0.4 is 5.32 Å². The SMILES string of the molecule is CC1(C(F)(F)F)NC(=O)N(CC2(CS)CC2)C1=O. The first-order chi connectivity index (χ1) is 8.15. The van der Waals surface area contributed by atoms with Gasteiger partial charge in [-0.05, 0) is 30.9 Å². The third-order valence-corrected chi connectivity index (χ3v) is 4.30. The fourth-order valence-electron chi connectivity index (χ4n) is 1.91. The smallest absolute Gasteiger partial charge is 0.316 e. The van der Waals surface area contributed by atoms with Crippen LogP contribution in [0.3, 0.4) is 0 Å². The Kier molecular flexibility index (Phi) is 2.84. The molecule has 0 aromatic rings. The van der Waals surface area contributed by atoms with Crippen LogP contribution in [0.2, 0.25) is 0 Å². The zero-order chi connectivity index (χ0) is 13.8. The summed E-state index contributed by atoms with van der Waals surface area (Å²) in [6.07, 6.45) is -3.25. The van der Waals surface area contributed by atoms with Crippen molar-refractivity contribution >= 4 is 24.6 Å². The molecule has 1 aliphatic carbocycles. The maximum Gasteiger partial charge on any atom is 0.420 e. The highest BCUT2D eigenvalue weighted by Gasteiger charge is 2.65. The van der Waals surface area contributed by atoms with E-state index in [1.807, 2.05) is 0 Å². The van der Waals surface area contributed by atoms with E-state index < -0.39 is 23.7 Å². The van der Waals surface area contributed by atoms with Gasteiger partial charge in [0, 0.05) is 6.54 Å². The second-order valence-electron chi connectivity index (χ2n) is 5.10. The number of imide groups is 1. The molecule has 2 fully saturated rings. The molecule has 1 atom stereocenters. The Hall–Kier alpha value is -0.920. The number of hydrogen-bond donors (Lipinski definition) is 2. The average molecular weight is 282 g/mol. The van der Waals surface area contributed by atoms with Crippen LogP contribution in [0.25, 0.3) is 0 Å². The lowest BCUT2D eigenvalue weighted by Gasteiger charge is -2.25. The van der Waals surface area contributed by atoms with Crippen molar-refractivity contribution < 1.29 is 22.8 Å². The summed E-state index contributed by atoms with van der Waals surface area (Å²) < 4.78 is 38.4. The molecule has 2 rings (SSSR count). The molecule has 18 heavy (non-hydrogen) atoms. The first-order valence-electron chi connectivity index (χ1n) is 5.47. The summed E-state index contributed by atoms with van der Waals surface area (Å²) in [6.45, 7) is 0.695. The molecule has 1 heterocycles. The van der Waals surface area contributed by atoms with E-state index in [2.05, 4.69) is 12.6 Å². The van der Waals surface area contributed by atoms with Gasteiger partial charge in [0.15, 0.2) is 0 Å². The van der Waals surface area contributed by atoms with Gasteiger partial charge in [-0.25, -0.2) is 4.79 Å². The van der Waals surface area contributed by atoms with Gasteiger partial charge in [0.05, 0.1) is 0 Å². The number of halogens is 3. The molecule has 8 heteroatoms. The topological polar surface area (TPSA) is 49.4 Å². The second-order valence-corrected chi connectivity index (χ2v) is 5.42. The molecule has 2 aliphatic rings. The summed E-state index contributed by atoms with van der Waals surface area (Å²) in [7, 11) is 0. The van der Waals surface area contributed by atoms with Gasteiger partial charge in [-0.2, -0.15) is 25.8 Å². The van der Waals surface area contributed by atoms with Gasteiger partial charge in [-0.1, -0.05) is 0 Å². The molecule has 3 amide bonds. The zero-order valence-electron chi connectivity index (χ0n) is 9.67. The lowest BCUT2D eigenvalue weighted by molar-refractivity contribution is -0.191. The van der Waals surface area contributed by atoms with Crippen molar-refractivity contribution in [3.63, 3.8) is 0 Å². The van der Waals surface area contributed by atoms with E-state index in [0.29, 0.717) is 17.6 Å². The molecule has 1 saturated carbocycles. The Morgan fingerprint density at radius 1 is 1.39 bits per heavy atom. The highest BCUT2D eigenvalue weighted by Crippen LogP contribution is 2.48. The van der Waals surface area contributed by atoms with Gasteiger partial charge in [-0.15, -0.1) is 0 Å². The Morgan fingerprint density at radius 3 is 2.28 bits per heavy atom. The number of nitrogens with zero attached hydrogens (tertiary/aromatic N) is 1. The van der Waals surface area contributed by atoms with E-state index in [9.17, 15) is 22.8 Å². The van der Waals surface area contributed by atoms with E-state index in [-0.39, 0.29) is 12.0 Å². The van der Waals surface area contributed by atoms with Crippen LogP contribution in [-0.2, 0) is 4.79 Å². The predicted molar refractivity (Wildman–Crippen MR) is 60.2 cm³/mol. The van der Waals surface area contributed by atoms with Crippen molar-refractivity contribution in [2.24, 2.45) is 5.41 Å². The number of carbonyl (C=O) groups excluding carboxylic acids is 2. The van der Waals surface area contributed by atoms with Crippen molar-refractivity contribution in [1.29, 1.82) is 0 Å². The molecular weight excluding hydrogens is 269 g/mol. The summed E-state index contributed by atoms with van der Waals surface area (Å²) in [4.78, 5) is 24.0. The van der Waals surface area contributed by atoms with Crippen molar-refractivity contribution in [3.05, 3.63) is 0 Å². The Balaban J connectivity index is 2.20. The van der Waals surface area contributed by atoms with E-state index in [1.54, 1.807) is 5.32 Å². The van der Waals surface area contributed by atoms with Crippen LogP contribution in [0.4, 0.5) is 18.0 Å². The highest BCUT2D eigenvalue weighted by molar-refractivity contribution is 7.80. The number of nitrogens with one attached hydrogen (secondary N) is 1. The fourth-order valence-corrected chi connectivity index (χ4v) is 2.33. The largest absolute Gasteiger partial charge is 0.420 e. The Labute approximate surface area is 107 Å². The van der Waals surface area contributed by atoms with E-state index in [0.717, 1.165) is 12.8 Å². The minimum atomic E-state index is -4.80. The molecule has 1 N–H and O–H groups in total. The number of carbonyl (C=O) groups is 2.